The number of rotatable bonds is 2. The molecule has 1 heterocycles. The third-order valence-electron chi connectivity index (χ3n) is 2.80. The van der Waals surface area contributed by atoms with Crippen LogP contribution in [-0.4, -0.2) is 16.2 Å². The predicted molar refractivity (Wildman–Crippen MR) is 60.3 cm³/mol. The molecule has 3 nitrogen and oxygen atoms in total. The highest BCUT2D eigenvalue weighted by atomic mass is 32.1. The number of hydrogen-bond donors (Lipinski definition) is 2. The summed E-state index contributed by atoms with van der Waals surface area (Å²) >= 11 is 1.28. The maximum Gasteiger partial charge on any atom is 0.336 e. The van der Waals surface area contributed by atoms with E-state index in [4.69, 9.17) is 5.11 Å². The minimum absolute atomic E-state index is 0.194. The number of thiophene rings is 1. The van der Waals surface area contributed by atoms with Crippen molar-refractivity contribution in [2.75, 3.05) is 0 Å². The molecule has 0 saturated heterocycles. The van der Waals surface area contributed by atoms with Gasteiger partial charge in [0.15, 0.2) is 0 Å². The highest BCUT2D eigenvalue weighted by Gasteiger charge is 2.40. The molecule has 1 aromatic heterocycles. The maximum atomic E-state index is 11.0. The van der Waals surface area contributed by atoms with Crippen molar-refractivity contribution in [2.45, 2.75) is 33.3 Å². The van der Waals surface area contributed by atoms with Gasteiger partial charge in [0.25, 0.3) is 0 Å². The highest BCUT2D eigenvalue weighted by molar-refractivity contribution is 7.10. The maximum absolute atomic E-state index is 11.0. The first-order valence-corrected chi connectivity index (χ1v) is 5.59. The first kappa shape index (κ1) is 12.2. The molecule has 2 N–H and O–H groups in total. The molecule has 0 aromatic carbocycles. The Hall–Kier alpha value is -0.870. The third kappa shape index (κ3) is 2.06. The lowest BCUT2D eigenvalue weighted by Crippen LogP contribution is -2.37. The van der Waals surface area contributed by atoms with Crippen molar-refractivity contribution in [2.24, 2.45) is 5.41 Å². The average Bonchev–Trinajstić information content (AvgIpc) is 2.48. The van der Waals surface area contributed by atoms with Crippen molar-refractivity contribution in [3.05, 3.63) is 21.9 Å². The largest absolute Gasteiger partial charge is 0.478 e. The SMILES string of the molecule is CC(C)(C)C(C)(O)c1sccc1C(=O)O. The first-order chi connectivity index (χ1) is 6.68. The van der Waals surface area contributed by atoms with E-state index in [-0.39, 0.29) is 5.56 Å². The van der Waals surface area contributed by atoms with E-state index in [0.29, 0.717) is 4.88 Å². The van der Waals surface area contributed by atoms with Gasteiger partial charge in [-0.2, -0.15) is 0 Å². The molecular formula is C11H16O3S. The zero-order valence-electron chi connectivity index (χ0n) is 9.37. The Kier molecular flexibility index (Phi) is 2.94. The second-order valence-corrected chi connectivity index (χ2v) is 5.71. The summed E-state index contributed by atoms with van der Waals surface area (Å²) in [4.78, 5) is 11.5. The van der Waals surface area contributed by atoms with Crippen LogP contribution in [0, 0.1) is 5.41 Å². The molecule has 84 valence electrons. The van der Waals surface area contributed by atoms with E-state index in [1.807, 2.05) is 20.8 Å². The lowest BCUT2D eigenvalue weighted by molar-refractivity contribution is -0.0445. The molecule has 0 amide bonds. The molecule has 0 fully saturated rings. The molecule has 0 aliphatic rings. The van der Waals surface area contributed by atoms with Gasteiger partial charge in [0.1, 0.15) is 5.60 Å². The molecule has 4 heteroatoms. The van der Waals surface area contributed by atoms with E-state index in [0.717, 1.165) is 0 Å². The monoisotopic (exact) mass is 228 g/mol. The van der Waals surface area contributed by atoms with Crippen molar-refractivity contribution in [1.29, 1.82) is 0 Å². The molecule has 0 saturated carbocycles. The molecule has 0 radical (unpaired) electrons. The van der Waals surface area contributed by atoms with E-state index in [1.165, 1.54) is 17.4 Å². The Morgan fingerprint density at radius 2 is 1.87 bits per heavy atom. The van der Waals surface area contributed by atoms with Crippen molar-refractivity contribution in [3.8, 4) is 0 Å². The van der Waals surface area contributed by atoms with Crippen LogP contribution in [0.3, 0.4) is 0 Å². The summed E-state index contributed by atoms with van der Waals surface area (Å²) in [7, 11) is 0. The van der Waals surface area contributed by atoms with Crippen molar-refractivity contribution in [3.63, 3.8) is 0 Å². The quantitative estimate of drug-likeness (QED) is 0.818. The Bertz CT molecular complexity index is 371. The van der Waals surface area contributed by atoms with Gasteiger partial charge in [-0.05, 0) is 23.8 Å². The minimum atomic E-state index is -1.13. The number of aromatic carboxylic acids is 1. The predicted octanol–water partition coefficient (Wildman–Crippen LogP) is 2.70. The van der Waals surface area contributed by atoms with Crippen LogP contribution in [0.5, 0.6) is 0 Å². The van der Waals surface area contributed by atoms with Gasteiger partial charge in [0, 0.05) is 0 Å². The molecule has 1 atom stereocenters. The molecule has 0 aliphatic heterocycles. The van der Waals surface area contributed by atoms with E-state index in [2.05, 4.69) is 0 Å². The fraction of sp³-hybridized carbons (Fsp3) is 0.545. The summed E-state index contributed by atoms with van der Waals surface area (Å²) in [5.41, 5.74) is -1.34. The van der Waals surface area contributed by atoms with Crippen LogP contribution in [-0.2, 0) is 5.60 Å². The van der Waals surface area contributed by atoms with Crippen LogP contribution >= 0.6 is 11.3 Å². The van der Waals surface area contributed by atoms with Gasteiger partial charge in [-0.3, -0.25) is 0 Å². The lowest BCUT2D eigenvalue weighted by Gasteiger charge is -2.36. The Balaban J connectivity index is 3.27. The van der Waals surface area contributed by atoms with Crippen molar-refractivity contribution in [1.82, 2.24) is 0 Å². The average molecular weight is 228 g/mol. The standard InChI is InChI=1S/C11H16O3S/c1-10(2,3)11(4,14)8-7(9(12)13)5-6-15-8/h5-6,14H,1-4H3,(H,12,13). The Morgan fingerprint density at radius 1 is 1.33 bits per heavy atom. The molecular weight excluding hydrogens is 212 g/mol. The van der Waals surface area contributed by atoms with Gasteiger partial charge < -0.3 is 10.2 Å². The van der Waals surface area contributed by atoms with Crippen LogP contribution in [0.25, 0.3) is 0 Å². The summed E-state index contributed by atoms with van der Waals surface area (Å²) in [6, 6.07) is 1.53. The van der Waals surface area contributed by atoms with Gasteiger partial charge in [0.05, 0.1) is 10.4 Å². The second-order valence-electron chi connectivity index (χ2n) is 4.79. The lowest BCUT2D eigenvalue weighted by atomic mass is 9.76. The normalized spacial score (nSPS) is 16.1. The molecule has 1 rings (SSSR count). The number of carboxylic acid groups (broad SMARTS) is 1. The molecule has 1 unspecified atom stereocenters. The zero-order chi connectivity index (χ0) is 11.9. The number of carboxylic acids is 1. The fourth-order valence-corrected chi connectivity index (χ4v) is 2.35. The van der Waals surface area contributed by atoms with Crippen LogP contribution in [0.1, 0.15) is 42.9 Å². The summed E-state index contributed by atoms with van der Waals surface area (Å²) < 4.78 is 0. The third-order valence-corrected chi connectivity index (χ3v) is 3.92. The van der Waals surface area contributed by atoms with E-state index >= 15 is 0 Å². The summed E-state index contributed by atoms with van der Waals surface area (Å²) in [5, 5.41) is 21.1. The number of hydrogen-bond acceptors (Lipinski definition) is 3. The van der Waals surface area contributed by atoms with Crippen molar-refractivity contribution < 1.29 is 15.0 Å². The van der Waals surface area contributed by atoms with Gasteiger partial charge in [-0.1, -0.05) is 20.8 Å². The topological polar surface area (TPSA) is 57.5 Å². The van der Waals surface area contributed by atoms with Gasteiger partial charge in [-0.15, -0.1) is 11.3 Å². The van der Waals surface area contributed by atoms with Gasteiger partial charge in [-0.25, -0.2) is 4.79 Å². The van der Waals surface area contributed by atoms with E-state index in [1.54, 1.807) is 12.3 Å². The smallest absolute Gasteiger partial charge is 0.336 e. The summed E-state index contributed by atoms with van der Waals surface area (Å²) in [6.45, 7) is 7.32. The first-order valence-electron chi connectivity index (χ1n) is 4.71. The van der Waals surface area contributed by atoms with Crippen LogP contribution in [0.2, 0.25) is 0 Å². The Labute approximate surface area is 93.4 Å². The molecule has 0 spiro atoms. The zero-order valence-corrected chi connectivity index (χ0v) is 10.2. The van der Waals surface area contributed by atoms with E-state index in [9.17, 15) is 9.90 Å². The Morgan fingerprint density at radius 3 is 2.27 bits per heavy atom. The highest BCUT2D eigenvalue weighted by Crippen LogP contribution is 2.42. The summed E-state index contributed by atoms with van der Waals surface area (Å²) in [5.74, 6) is -0.990. The molecule has 0 aliphatic carbocycles. The molecule has 15 heavy (non-hydrogen) atoms. The second kappa shape index (κ2) is 3.61. The molecule has 0 bridgehead atoms. The van der Waals surface area contributed by atoms with E-state index < -0.39 is 17.0 Å². The van der Waals surface area contributed by atoms with Gasteiger partial charge in [0.2, 0.25) is 0 Å². The van der Waals surface area contributed by atoms with Crippen LogP contribution in [0.4, 0.5) is 0 Å². The fourth-order valence-electron chi connectivity index (χ4n) is 1.20. The summed E-state index contributed by atoms with van der Waals surface area (Å²) in [6.07, 6.45) is 0. The van der Waals surface area contributed by atoms with Crippen molar-refractivity contribution >= 4 is 17.3 Å². The van der Waals surface area contributed by atoms with Crippen LogP contribution < -0.4 is 0 Å². The van der Waals surface area contributed by atoms with Gasteiger partial charge >= 0.3 is 5.97 Å². The molecule has 1 aromatic rings. The minimum Gasteiger partial charge on any atom is -0.478 e. The number of carbonyl (C=O) groups is 1. The van der Waals surface area contributed by atoms with Crippen LogP contribution in [0.15, 0.2) is 11.4 Å². The number of aliphatic hydroxyl groups is 1.